The average Bonchev–Trinajstić information content (AvgIpc) is 2.57. The topological polar surface area (TPSA) is 20.3 Å². The van der Waals surface area contributed by atoms with Crippen LogP contribution in [0.3, 0.4) is 0 Å². The van der Waals surface area contributed by atoms with Gasteiger partial charge in [0.2, 0.25) is 5.91 Å². The average molecular weight is 317 g/mol. The molecule has 1 atom stereocenters. The molecule has 1 saturated heterocycles. The van der Waals surface area contributed by atoms with Crippen LogP contribution in [0.1, 0.15) is 31.7 Å². The van der Waals surface area contributed by atoms with Gasteiger partial charge in [-0.15, -0.1) is 11.6 Å². The maximum absolute atomic E-state index is 11.9. The van der Waals surface area contributed by atoms with Crippen molar-refractivity contribution in [3.8, 4) is 0 Å². The summed E-state index contributed by atoms with van der Waals surface area (Å²) in [6, 6.07) is 6.04. The molecule has 1 fully saturated rings. The van der Waals surface area contributed by atoms with E-state index in [4.69, 9.17) is 11.6 Å². The maximum atomic E-state index is 11.9. The fraction of sp³-hybridized carbons (Fsp3) is 0.462. The molecule has 0 aromatic heterocycles. The molecule has 4 heteroatoms. The van der Waals surface area contributed by atoms with Crippen molar-refractivity contribution >= 4 is 39.1 Å². The highest BCUT2D eigenvalue weighted by Crippen LogP contribution is 2.33. The molecule has 92 valence electrons. The van der Waals surface area contributed by atoms with Gasteiger partial charge < -0.3 is 4.90 Å². The summed E-state index contributed by atoms with van der Waals surface area (Å²) in [4.78, 5) is 13.7. The Bertz CT molecular complexity index is 447. The molecule has 1 unspecified atom stereocenters. The zero-order chi connectivity index (χ0) is 12.6. The van der Waals surface area contributed by atoms with Gasteiger partial charge in [-0.3, -0.25) is 4.79 Å². The van der Waals surface area contributed by atoms with Crippen molar-refractivity contribution in [3.63, 3.8) is 0 Å². The van der Waals surface area contributed by atoms with Crippen molar-refractivity contribution in [2.45, 2.75) is 31.6 Å². The third-order valence-corrected chi connectivity index (χ3v) is 3.77. The van der Waals surface area contributed by atoms with Crippen molar-refractivity contribution in [1.82, 2.24) is 0 Å². The van der Waals surface area contributed by atoms with Crippen molar-refractivity contribution in [1.29, 1.82) is 0 Å². The molecule has 0 radical (unpaired) electrons. The first-order valence-electron chi connectivity index (χ1n) is 5.73. The number of rotatable bonds is 2. The van der Waals surface area contributed by atoms with E-state index in [1.54, 1.807) is 4.90 Å². The van der Waals surface area contributed by atoms with Gasteiger partial charge >= 0.3 is 0 Å². The second-order valence-corrected chi connectivity index (χ2v) is 6.20. The van der Waals surface area contributed by atoms with E-state index in [1.807, 2.05) is 12.1 Å². The van der Waals surface area contributed by atoms with E-state index in [-0.39, 0.29) is 11.3 Å². The lowest BCUT2D eigenvalue weighted by Gasteiger charge is -2.22. The number of benzene rings is 1. The van der Waals surface area contributed by atoms with Gasteiger partial charge in [-0.2, -0.15) is 0 Å². The SMILES string of the molecule is CC(C)c1cc(Br)ccc1N1CC(Cl)CC1=O. The van der Waals surface area contributed by atoms with Crippen LogP contribution < -0.4 is 4.90 Å². The molecule has 2 rings (SSSR count). The second kappa shape index (κ2) is 4.99. The molecule has 0 aliphatic carbocycles. The molecule has 0 spiro atoms. The number of carbonyl (C=O) groups is 1. The molecule has 2 nitrogen and oxygen atoms in total. The number of halogens is 2. The summed E-state index contributed by atoms with van der Waals surface area (Å²) in [5.74, 6) is 0.499. The lowest BCUT2D eigenvalue weighted by molar-refractivity contribution is -0.117. The predicted molar refractivity (Wildman–Crippen MR) is 74.8 cm³/mol. The van der Waals surface area contributed by atoms with E-state index in [0.29, 0.717) is 18.9 Å². The summed E-state index contributed by atoms with van der Waals surface area (Å²) >= 11 is 9.51. The Balaban J connectivity index is 2.41. The number of anilines is 1. The van der Waals surface area contributed by atoms with Crippen LogP contribution in [-0.2, 0) is 4.79 Å². The fourth-order valence-electron chi connectivity index (χ4n) is 2.13. The Kier molecular flexibility index (Phi) is 3.79. The summed E-state index contributed by atoms with van der Waals surface area (Å²) in [5, 5.41) is -0.0637. The molecular formula is C13H15BrClNO. The van der Waals surface area contributed by atoms with Crippen LogP contribution in [0.5, 0.6) is 0 Å². The predicted octanol–water partition coefficient (Wildman–Crippen LogP) is 3.92. The van der Waals surface area contributed by atoms with Crippen molar-refractivity contribution in [3.05, 3.63) is 28.2 Å². The van der Waals surface area contributed by atoms with Gasteiger partial charge in [-0.25, -0.2) is 0 Å². The maximum Gasteiger partial charge on any atom is 0.228 e. The molecule has 1 aromatic rings. The normalized spacial score (nSPS) is 20.4. The number of hydrogen-bond acceptors (Lipinski definition) is 1. The number of alkyl halides is 1. The van der Waals surface area contributed by atoms with E-state index in [0.717, 1.165) is 10.2 Å². The smallest absolute Gasteiger partial charge is 0.228 e. The molecule has 0 bridgehead atoms. The van der Waals surface area contributed by atoms with E-state index < -0.39 is 0 Å². The fourth-order valence-corrected chi connectivity index (χ4v) is 2.78. The van der Waals surface area contributed by atoms with Gasteiger partial charge in [0, 0.05) is 23.1 Å². The van der Waals surface area contributed by atoms with Crippen LogP contribution in [0.2, 0.25) is 0 Å². The number of carbonyl (C=O) groups excluding carboxylic acids is 1. The number of amides is 1. The molecular weight excluding hydrogens is 302 g/mol. The van der Waals surface area contributed by atoms with Crippen LogP contribution in [0.4, 0.5) is 5.69 Å². The third-order valence-electron chi connectivity index (χ3n) is 2.98. The summed E-state index contributed by atoms with van der Waals surface area (Å²) in [6.07, 6.45) is 0.440. The largest absolute Gasteiger partial charge is 0.311 e. The number of hydrogen-bond donors (Lipinski definition) is 0. The minimum atomic E-state index is -0.0637. The van der Waals surface area contributed by atoms with Crippen molar-refractivity contribution < 1.29 is 4.79 Å². The van der Waals surface area contributed by atoms with Gasteiger partial charge in [0.15, 0.2) is 0 Å². The van der Waals surface area contributed by atoms with E-state index in [2.05, 4.69) is 35.8 Å². The van der Waals surface area contributed by atoms with Gasteiger partial charge in [0.1, 0.15) is 0 Å². The Morgan fingerprint density at radius 1 is 1.47 bits per heavy atom. The first-order valence-corrected chi connectivity index (χ1v) is 6.96. The van der Waals surface area contributed by atoms with Crippen molar-refractivity contribution in [2.75, 3.05) is 11.4 Å². The molecule has 1 heterocycles. The summed E-state index contributed by atoms with van der Waals surface area (Å²) < 4.78 is 1.04. The lowest BCUT2D eigenvalue weighted by Crippen LogP contribution is -2.26. The molecule has 1 aromatic carbocycles. The Hall–Kier alpha value is -0.540. The monoisotopic (exact) mass is 315 g/mol. The highest BCUT2D eigenvalue weighted by Gasteiger charge is 2.30. The van der Waals surface area contributed by atoms with Gasteiger partial charge in [0.05, 0.1) is 5.38 Å². The molecule has 0 saturated carbocycles. The van der Waals surface area contributed by atoms with E-state index in [1.165, 1.54) is 5.56 Å². The Morgan fingerprint density at radius 3 is 2.71 bits per heavy atom. The standard InChI is InChI=1S/C13H15BrClNO/c1-8(2)11-5-9(14)3-4-12(11)16-7-10(15)6-13(16)17/h3-5,8,10H,6-7H2,1-2H3. The zero-order valence-corrected chi connectivity index (χ0v) is 12.3. The molecule has 0 N–H and O–H groups in total. The summed E-state index contributed by atoms with van der Waals surface area (Å²) in [6.45, 7) is 4.87. The van der Waals surface area contributed by atoms with Crippen LogP contribution >= 0.6 is 27.5 Å². The first kappa shape index (κ1) is 12.9. The van der Waals surface area contributed by atoms with Crippen LogP contribution in [0.25, 0.3) is 0 Å². The van der Waals surface area contributed by atoms with Gasteiger partial charge in [-0.05, 0) is 29.7 Å². The molecule has 1 amide bonds. The summed E-state index contributed by atoms with van der Waals surface area (Å²) in [5.41, 5.74) is 2.18. The highest BCUT2D eigenvalue weighted by molar-refractivity contribution is 9.10. The first-order chi connectivity index (χ1) is 7.99. The second-order valence-electron chi connectivity index (χ2n) is 4.66. The van der Waals surface area contributed by atoms with Crippen LogP contribution in [-0.4, -0.2) is 17.8 Å². The molecule has 1 aliphatic rings. The Morgan fingerprint density at radius 2 is 2.18 bits per heavy atom. The quantitative estimate of drug-likeness (QED) is 0.757. The van der Waals surface area contributed by atoms with E-state index in [9.17, 15) is 4.79 Å². The zero-order valence-electron chi connectivity index (χ0n) is 9.91. The van der Waals surface area contributed by atoms with E-state index >= 15 is 0 Å². The minimum absolute atomic E-state index is 0.0637. The van der Waals surface area contributed by atoms with Crippen LogP contribution in [0, 0.1) is 0 Å². The van der Waals surface area contributed by atoms with Crippen molar-refractivity contribution in [2.24, 2.45) is 0 Å². The van der Waals surface area contributed by atoms with Gasteiger partial charge in [0.25, 0.3) is 0 Å². The minimum Gasteiger partial charge on any atom is -0.311 e. The van der Waals surface area contributed by atoms with Crippen LogP contribution in [0.15, 0.2) is 22.7 Å². The molecule has 1 aliphatic heterocycles. The highest BCUT2D eigenvalue weighted by atomic mass is 79.9. The summed E-state index contributed by atoms with van der Waals surface area (Å²) in [7, 11) is 0. The number of nitrogens with zero attached hydrogens (tertiary/aromatic N) is 1. The van der Waals surface area contributed by atoms with Gasteiger partial charge in [-0.1, -0.05) is 29.8 Å². The Labute approximate surface area is 115 Å². The third kappa shape index (κ3) is 2.66. The molecule has 17 heavy (non-hydrogen) atoms. The lowest BCUT2D eigenvalue weighted by atomic mass is 10.0.